The van der Waals surface area contributed by atoms with Crippen molar-refractivity contribution in [1.82, 2.24) is 9.97 Å². The van der Waals surface area contributed by atoms with E-state index < -0.39 is 17.6 Å². The molecule has 2 aromatic carbocycles. The summed E-state index contributed by atoms with van der Waals surface area (Å²) in [4.78, 5) is 20.1. The molecule has 5 nitrogen and oxygen atoms in total. The fraction of sp³-hybridized carbons (Fsp3) is 0.0556. The van der Waals surface area contributed by atoms with E-state index in [1.165, 1.54) is 48.8 Å². The summed E-state index contributed by atoms with van der Waals surface area (Å²) in [6.45, 7) is 0. The zero-order valence-electron chi connectivity index (χ0n) is 13.6. The minimum atomic E-state index is -4.51. The molecule has 0 unspecified atom stereocenters. The van der Waals surface area contributed by atoms with Crippen molar-refractivity contribution in [2.45, 2.75) is 6.18 Å². The smallest absolute Gasteiger partial charge is 0.339 e. The summed E-state index contributed by atoms with van der Waals surface area (Å²) in [7, 11) is 0. The molecular weight excluding hydrogens is 364 g/mol. The summed E-state index contributed by atoms with van der Waals surface area (Å²) in [6.07, 6.45) is -2.05. The van der Waals surface area contributed by atoms with Gasteiger partial charge in [-0.25, -0.2) is 14.4 Å². The van der Waals surface area contributed by atoms with Crippen molar-refractivity contribution in [3.8, 4) is 0 Å². The van der Waals surface area contributed by atoms with Crippen LogP contribution in [0.2, 0.25) is 0 Å². The van der Waals surface area contributed by atoms with Crippen molar-refractivity contribution in [1.29, 1.82) is 0 Å². The van der Waals surface area contributed by atoms with Gasteiger partial charge in [-0.1, -0.05) is 6.07 Å². The number of nitrogens with zero attached hydrogens (tertiary/aromatic N) is 2. The van der Waals surface area contributed by atoms with Gasteiger partial charge in [0.25, 0.3) is 5.91 Å². The van der Waals surface area contributed by atoms with Gasteiger partial charge in [0, 0.05) is 11.4 Å². The van der Waals surface area contributed by atoms with Gasteiger partial charge in [0.1, 0.15) is 17.3 Å². The Morgan fingerprint density at radius 2 is 1.67 bits per heavy atom. The highest BCUT2D eigenvalue weighted by molar-refractivity contribution is 6.02. The summed E-state index contributed by atoms with van der Waals surface area (Å²) >= 11 is 0. The van der Waals surface area contributed by atoms with Gasteiger partial charge in [0.2, 0.25) is 0 Å². The van der Waals surface area contributed by atoms with Crippen LogP contribution >= 0.6 is 0 Å². The predicted octanol–water partition coefficient (Wildman–Crippen LogP) is 4.63. The van der Waals surface area contributed by atoms with Gasteiger partial charge in [-0.05, 0) is 42.5 Å². The molecule has 0 aliphatic carbocycles. The maximum Gasteiger partial charge on any atom is 0.416 e. The Morgan fingerprint density at radius 3 is 2.30 bits per heavy atom. The molecule has 0 atom stereocenters. The van der Waals surface area contributed by atoms with E-state index in [0.29, 0.717) is 11.5 Å². The summed E-state index contributed by atoms with van der Waals surface area (Å²) in [6, 6.07) is 9.82. The maximum atomic E-state index is 12.9. The van der Waals surface area contributed by atoms with E-state index in [0.717, 1.165) is 12.1 Å². The van der Waals surface area contributed by atoms with Crippen molar-refractivity contribution in [2.24, 2.45) is 0 Å². The van der Waals surface area contributed by atoms with E-state index in [2.05, 4.69) is 20.6 Å². The standard InChI is InChI=1S/C18H12F4N4O/c19-12-4-6-13(7-5-12)25-16-10-23-15(9-24-16)17(27)26-14-3-1-2-11(8-14)18(20,21)22/h1-10H,(H,24,25)(H,26,27). The first-order valence-corrected chi connectivity index (χ1v) is 7.64. The van der Waals surface area contributed by atoms with Gasteiger partial charge >= 0.3 is 6.18 Å². The van der Waals surface area contributed by atoms with E-state index in [-0.39, 0.29) is 17.2 Å². The molecule has 0 saturated heterocycles. The van der Waals surface area contributed by atoms with Crippen LogP contribution in [0.15, 0.2) is 60.9 Å². The summed E-state index contributed by atoms with van der Waals surface area (Å²) in [5.74, 6) is -0.763. The van der Waals surface area contributed by atoms with Crippen LogP contribution in [0.4, 0.5) is 34.8 Å². The molecule has 3 rings (SSSR count). The third-order valence-electron chi connectivity index (χ3n) is 3.45. The van der Waals surface area contributed by atoms with Crippen LogP contribution in [-0.4, -0.2) is 15.9 Å². The third kappa shape index (κ3) is 4.78. The van der Waals surface area contributed by atoms with Crippen molar-refractivity contribution in [3.05, 3.63) is 78.0 Å². The lowest BCUT2D eigenvalue weighted by Crippen LogP contribution is -2.15. The lowest BCUT2D eigenvalue weighted by atomic mass is 10.2. The number of anilines is 3. The molecule has 0 saturated carbocycles. The minimum Gasteiger partial charge on any atom is -0.339 e. The van der Waals surface area contributed by atoms with Crippen LogP contribution in [0.3, 0.4) is 0 Å². The number of benzene rings is 2. The van der Waals surface area contributed by atoms with Gasteiger partial charge < -0.3 is 10.6 Å². The first kappa shape index (κ1) is 18.3. The van der Waals surface area contributed by atoms with E-state index in [1.54, 1.807) is 0 Å². The molecule has 3 aromatic rings. The molecular formula is C18H12F4N4O. The molecule has 27 heavy (non-hydrogen) atoms. The molecule has 0 aliphatic heterocycles. The van der Waals surface area contributed by atoms with Gasteiger partial charge in [-0.3, -0.25) is 4.79 Å². The van der Waals surface area contributed by atoms with E-state index >= 15 is 0 Å². The van der Waals surface area contributed by atoms with Crippen LogP contribution in [0.25, 0.3) is 0 Å². The Hall–Kier alpha value is -3.49. The Labute approximate surface area is 151 Å². The lowest BCUT2D eigenvalue weighted by molar-refractivity contribution is -0.137. The van der Waals surface area contributed by atoms with Crippen molar-refractivity contribution < 1.29 is 22.4 Å². The Balaban J connectivity index is 1.68. The number of hydrogen-bond donors (Lipinski definition) is 2. The summed E-state index contributed by atoms with van der Waals surface area (Å²) < 4.78 is 51.0. The zero-order valence-corrected chi connectivity index (χ0v) is 13.6. The summed E-state index contributed by atoms with van der Waals surface area (Å²) in [5.41, 5.74) is -0.376. The SMILES string of the molecule is O=C(Nc1cccc(C(F)(F)F)c1)c1cnc(Nc2ccc(F)cc2)cn1. The van der Waals surface area contributed by atoms with Crippen LogP contribution in [0.1, 0.15) is 16.1 Å². The van der Waals surface area contributed by atoms with Gasteiger partial charge in [0.15, 0.2) is 0 Å². The van der Waals surface area contributed by atoms with Crippen molar-refractivity contribution in [3.63, 3.8) is 0 Å². The highest BCUT2D eigenvalue weighted by Crippen LogP contribution is 2.30. The van der Waals surface area contributed by atoms with Crippen LogP contribution in [-0.2, 0) is 6.18 Å². The molecule has 0 fully saturated rings. The maximum absolute atomic E-state index is 12.9. The fourth-order valence-corrected chi connectivity index (χ4v) is 2.16. The molecule has 9 heteroatoms. The second-order valence-electron chi connectivity index (χ2n) is 5.45. The van der Waals surface area contributed by atoms with Crippen molar-refractivity contribution in [2.75, 3.05) is 10.6 Å². The van der Waals surface area contributed by atoms with E-state index in [4.69, 9.17) is 0 Å². The topological polar surface area (TPSA) is 66.9 Å². The van der Waals surface area contributed by atoms with Crippen LogP contribution in [0.5, 0.6) is 0 Å². The van der Waals surface area contributed by atoms with Crippen molar-refractivity contribution >= 4 is 23.1 Å². The quantitative estimate of drug-likeness (QED) is 0.652. The molecule has 0 spiro atoms. The number of carbonyl (C=O) groups is 1. The highest BCUT2D eigenvalue weighted by atomic mass is 19.4. The number of rotatable bonds is 4. The second kappa shape index (κ2) is 7.40. The molecule has 1 aromatic heterocycles. The first-order chi connectivity index (χ1) is 12.8. The lowest BCUT2D eigenvalue weighted by Gasteiger charge is -2.10. The highest BCUT2D eigenvalue weighted by Gasteiger charge is 2.30. The largest absolute Gasteiger partial charge is 0.416 e. The molecule has 1 heterocycles. The Bertz CT molecular complexity index is 941. The Morgan fingerprint density at radius 1 is 0.926 bits per heavy atom. The summed E-state index contributed by atoms with van der Waals surface area (Å²) in [5, 5.41) is 5.22. The normalized spacial score (nSPS) is 11.1. The second-order valence-corrected chi connectivity index (χ2v) is 5.45. The zero-order chi connectivity index (χ0) is 19.4. The van der Waals surface area contributed by atoms with Gasteiger partial charge in [-0.15, -0.1) is 0 Å². The molecule has 138 valence electrons. The molecule has 0 aliphatic rings. The average molecular weight is 376 g/mol. The molecule has 0 bridgehead atoms. The fourth-order valence-electron chi connectivity index (χ4n) is 2.16. The van der Waals surface area contributed by atoms with Gasteiger partial charge in [-0.2, -0.15) is 13.2 Å². The number of aromatic nitrogens is 2. The average Bonchev–Trinajstić information content (AvgIpc) is 2.64. The number of hydrogen-bond acceptors (Lipinski definition) is 4. The van der Waals surface area contributed by atoms with E-state index in [1.807, 2.05) is 0 Å². The predicted molar refractivity (Wildman–Crippen MR) is 91.1 cm³/mol. The number of amides is 1. The molecule has 0 radical (unpaired) electrons. The Kier molecular flexibility index (Phi) is 5.02. The molecule has 1 amide bonds. The van der Waals surface area contributed by atoms with Crippen LogP contribution in [0, 0.1) is 5.82 Å². The number of carbonyl (C=O) groups excluding carboxylic acids is 1. The van der Waals surface area contributed by atoms with Gasteiger partial charge in [0.05, 0.1) is 18.0 Å². The van der Waals surface area contributed by atoms with E-state index in [9.17, 15) is 22.4 Å². The third-order valence-corrected chi connectivity index (χ3v) is 3.45. The van der Waals surface area contributed by atoms with Crippen LogP contribution < -0.4 is 10.6 Å². The first-order valence-electron chi connectivity index (χ1n) is 7.64. The monoisotopic (exact) mass is 376 g/mol. The minimum absolute atomic E-state index is 0.00913. The number of alkyl halides is 3. The number of halogens is 4. The molecule has 2 N–H and O–H groups in total. The number of nitrogens with one attached hydrogen (secondary N) is 2.